The van der Waals surface area contributed by atoms with E-state index in [-0.39, 0.29) is 29.1 Å². The molecule has 0 aromatic heterocycles. The molecule has 2 amide bonds. The fourth-order valence-corrected chi connectivity index (χ4v) is 6.74. The zero-order valence-corrected chi connectivity index (χ0v) is 26.1. The van der Waals surface area contributed by atoms with Crippen LogP contribution in [0.4, 0.5) is 5.69 Å². The SMILES string of the molecule is COc1ccc(S(=O)(=O)N(CC(=O)N(CCc2ccccc2)[C@@H](C)C(=O)NC2CCCC2)c2ccc(C)cc2)cc1OC. The Labute approximate surface area is 254 Å². The summed E-state index contributed by atoms with van der Waals surface area (Å²) in [5.74, 6) is -0.0818. The predicted octanol–water partition coefficient (Wildman–Crippen LogP) is 4.73. The number of hydrogen-bond donors (Lipinski definition) is 1. The molecule has 1 atom stereocenters. The Bertz CT molecular complexity index is 1490. The number of amides is 2. The van der Waals surface area contributed by atoms with Gasteiger partial charge in [-0.05, 0) is 62.9 Å². The molecule has 4 rings (SSSR count). The smallest absolute Gasteiger partial charge is 0.264 e. The molecule has 0 heterocycles. The number of carbonyl (C=O) groups is 2. The van der Waals surface area contributed by atoms with Gasteiger partial charge < -0.3 is 19.7 Å². The lowest BCUT2D eigenvalue weighted by Crippen LogP contribution is -2.53. The Hall–Kier alpha value is -4.05. The van der Waals surface area contributed by atoms with E-state index in [0.29, 0.717) is 17.9 Å². The van der Waals surface area contributed by atoms with E-state index in [0.717, 1.165) is 41.1 Å². The van der Waals surface area contributed by atoms with E-state index in [1.807, 2.05) is 37.3 Å². The summed E-state index contributed by atoms with van der Waals surface area (Å²) in [5.41, 5.74) is 2.29. The van der Waals surface area contributed by atoms with E-state index in [2.05, 4.69) is 5.32 Å². The number of methoxy groups -OCH3 is 2. The van der Waals surface area contributed by atoms with Crippen LogP contribution >= 0.6 is 0 Å². The van der Waals surface area contributed by atoms with Crippen molar-refractivity contribution in [1.29, 1.82) is 0 Å². The third-order valence-corrected chi connectivity index (χ3v) is 9.67. The van der Waals surface area contributed by atoms with Gasteiger partial charge in [0.2, 0.25) is 11.8 Å². The molecule has 0 radical (unpaired) electrons. The molecule has 9 nitrogen and oxygen atoms in total. The number of hydrogen-bond acceptors (Lipinski definition) is 6. The van der Waals surface area contributed by atoms with Crippen LogP contribution in [-0.2, 0) is 26.0 Å². The fraction of sp³-hybridized carbons (Fsp3) is 0.394. The van der Waals surface area contributed by atoms with E-state index < -0.39 is 28.5 Å². The van der Waals surface area contributed by atoms with Crippen molar-refractivity contribution in [2.45, 2.75) is 62.9 Å². The summed E-state index contributed by atoms with van der Waals surface area (Å²) in [6.45, 7) is 3.36. The van der Waals surface area contributed by atoms with Crippen LogP contribution in [0.3, 0.4) is 0 Å². The number of carbonyl (C=O) groups excluding carboxylic acids is 2. The first kappa shape index (κ1) is 31.9. The van der Waals surface area contributed by atoms with Crippen LogP contribution in [0.2, 0.25) is 0 Å². The maximum absolute atomic E-state index is 14.1. The monoisotopic (exact) mass is 607 g/mol. The first-order valence-electron chi connectivity index (χ1n) is 14.6. The number of ether oxygens (including phenoxy) is 2. The Morgan fingerprint density at radius 2 is 1.58 bits per heavy atom. The Morgan fingerprint density at radius 1 is 0.930 bits per heavy atom. The third kappa shape index (κ3) is 7.87. The summed E-state index contributed by atoms with van der Waals surface area (Å²) in [6.07, 6.45) is 4.48. The van der Waals surface area contributed by atoms with Crippen LogP contribution in [0.15, 0.2) is 77.7 Å². The van der Waals surface area contributed by atoms with Crippen molar-refractivity contribution in [2.24, 2.45) is 0 Å². The van der Waals surface area contributed by atoms with Crippen LogP contribution in [0.5, 0.6) is 11.5 Å². The second kappa shape index (κ2) is 14.4. The second-order valence-corrected chi connectivity index (χ2v) is 12.7. The van der Waals surface area contributed by atoms with Crippen LogP contribution in [0, 0.1) is 6.92 Å². The van der Waals surface area contributed by atoms with E-state index in [1.54, 1.807) is 31.2 Å². The van der Waals surface area contributed by atoms with Gasteiger partial charge in [0.15, 0.2) is 11.5 Å². The Morgan fingerprint density at radius 3 is 2.21 bits per heavy atom. The minimum absolute atomic E-state index is 0.0543. The number of aryl methyl sites for hydroxylation is 1. The number of benzene rings is 3. The standard InChI is InChI=1S/C33H41N3O6S/c1-24-14-16-28(17-15-24)36(43(39,40)29-18-19-30(41-3)31(22-29)42-4)23-32(37)35(21-20-26-10-6-5-7-11-26)25(2)33(38)34-27-12-8-9-13-27/h5-7,10-11,14-19,22,25,27H,8-9,12-13,20-21,23H2,1-4H3,(H,34,38)/t25-/m0/s1. The molecule has 1 aliphatic rings. The second-order valence-electron chi connectivity index (χ2n) is 10.9. The fourth-order valence-electron chi connectivity index (χ4n) is 5.31. The number of anilines is 1. The minimum Gasteiger partial charge on any atom is -0.493 e. The molecule has 230 valence electrons. The Kier molecular flexibility index (Phi) is 10.7. The molecule has 1 saturated carbocycles. The summed E-state index contributed by atoms with van der Waals surface area (Å²) in [7, 11) is -1.34. The number of rotatable bonds is 13. The van der Waals surface area contributed by atoms with Crippen molar-refractivity contribution >= 4 is 27.5 Å². The maximum Gasteiger partial charge on any atom is 0.264 e. The topological polar surface area (TPSA) is 105 Å². The lowest BCUT2D eigenvalue weighted by molar-refractivity contribution is -0.139. The van der Waals surface area contributed by atoms with Crippen LogP contribution in [-0.4, -0.2) is 64.5 Å². The molecule has 1 N–H and O–H groups in total. The summed E-state index contributed by atoms with van der Waals surface area (Å²) in [6, 6.07) is 20.2. The quantitative estimate of drug-likeness (QED) is 0.301. The van der Waals surface area contributed by atoms with Crippen LogP contribution < -0.4 is 19.1 Å². The number of nitrogens with one attached hydrogen (secondary N) is 1. The van der Waals surface area contributed by atoms with Crippen LogP contribution in [0.25, 0.3) is 0 Å². The van der Waals surface area contributed by atoms with Gasteiger partial charge in [0, 0.05) is 18.7 Å². The van der Waals surface area contributed by atoms with E-state index >= 15 is 0 Å². The first-order chi connectivity index (χ1) is 20.6. The van der Waals surface area contributed by atoms with Gasteiger partial charge >= 0.3 is 0 Å². The average molecular weight is 608 g/mol. The molecular weight excluding hydrogens is 566 g/mol. The van der Waals surface area contributed by atoms with Crippen molar-refractivity contribution in [3.63, 3.8) is 0 Å². The zero-order valence-electron chi connectivity index (χ0n) is 25.3. The van der Waals surface area contributed by atoms with E-state index in [1.165, 1.54) is 37.3 Å². The number of nitrogens with zero attached hydrogens (tertiary/aromatic N) is 2. The van der Waals surface area contributed by atoms with Crippen molar-refractivity contribution < 1.29 is 27.5 Å². The highest BCUT2D eigenvalue weighted by Crippen LogP contribution is 2.32. The summed E-state index contributed by atoms with van der Waals surface area (Å²) in [4.78, 5) is 28.9. The van der Waals surface area contributed by atoms with E-state index in [9.17, 15) is 18.0 Å². The van der Waals surface area contributed by atoms with Gasteiger partial charge in [-0.15, -0.1) is 0 Å². The van der Waals surface area contributed by atoms with Gasteiger partial charge in [-0.3, -0.25) is 13.9 Å². The first-order valence-corrected chi connectivity index (χ1v) is 16.0. The molecule has 0 unspecified atom stereocenters. The molecule has 1 fully saturated rings. The Balaban J connectivity index is 1.67. The minimum atomic E-state index is -4.24. The van der Waals surface area contributed by atoms with Crippen molar-refractivity contribution in [3.05, 3.63) is 83.9 Å². The highest BCUT2D eigenvalue weighted by atomic mass is 32.2. The average Bonchev–Trinajstić information content (AvgIpc) is 3.53. The molecule has 0 bridgehead atoms. The number of sulfonamides is 1. The normalized spacial score (nSPS) is 14.1. The third-order valence-electron chi connectivity index (χ3n) is 7.90. The molecule has 3 aromatic rings. The molecule has 10 heteroatoms. The predicted molar refractivity (Wildman–Crippen MR) is 167 cm³/mol. The van der Waals surface area contributed by atoms with Gasteiger partial charge in [-0.25, -0.2) is 8.42 Å². The molecule has 3 aromatic carbocycles. The van der Waals surface area contributed by atoms with Crippen molar-refractivity contribution in [1.82, 2.24) is 10.2 Å². The van der Waals surface area contributed by atoms with Crippen molar-refractivity contribution in [3.8, 4) is 11.5 Å². The van der Waals surface area contributed by atoms with Crippen molar-refractivity contribution in [2.75, 3.05) is 31.6 Å². The highest BCUT2D eigenvalue weighted by Gasteiger charge is 2.33. The lowest BCUT2D eigenvalue weighted by Gasteiger charge is -2.32. The largest absolute Gasteiger partial charge is 0.493 e. The summed E-state index contributed by atoms with van der Waals surface area (Å²) < 4.78 is 40.0. The van der Waals surface area contributed by atoms with Gasteiger partial charge in [-0.2, -0.15) is 0 Å². The lowest BCUT2D eigenvalue weighted by atomic mass is 10.1. The van der Waals surface area contributed by atoms with Gasteiger partial charge in [0.25, 0.3) is 10.0 Å². The highest BCUT2D eigenvalue weighted by molar-refractivity contribution is 7.92. The maximum atomic E-state index is 14.1. The van der Waals surface area contributed by atoms with Gasteiger partial charge in [-0.1, -0.05) is 60.9 Å². The van der Waals surface area contributed by atoms with Gasteiger partial charge in [0.1, 0.15) is 12.6 Å². The molecule has 0 spiro atoms. The molecule has 1 aliphatic carbocycles. The van der Waals surface area contributed by atoms with Gasteiger partial charge in [0.05, 0.1) is 24.8 Å². The van der Waals surface area contributed by atoms with E-state index in [4.69, 9.17) is 9.47 Å². The zero-order chi connectivity index (χ0) is 31.0. The molecule has 0 saturated heterocycles. The molecule has 0 aliphatic heterocycles. The molecule has 43 heavy (non-hydrogen) atoms. The van der Waals surface area contributed by atoms with Crippen LogP contribution in [0.1, 0.15) is 43.7 Å². The summed E-state index contributed by atoms with van der Waals surface area (Å²) >= 11 is 0. The molecular formula is C33H41N3O6S. The summed E-state index contributed by atoms with van der Waals surface area (Å²) in [5, 5.41) is 3.09.